The van der Waals surface area contributed by atoms with Gasteiger partial charge >= 0.3 is 0 Å². The van der Waals surface area contributed by atoms with Crippen LogP contribution in [0.1, 0.15) is 16.7 Å². The van der Waals surface area contributed by atoms with Crippen molar-refractivity contribution in [2.45, 2.75) is 13.8 Å². The van der Waals surface area contributed by atoms with Gasteiger partial charge in [0.25, 0.3) is 0 Å². The van der Waals surface area contributed by atoms with E-state index in [4.69, 9.17) is 9.47 Å². The first-order chi connectivity index (χ1) is 11.0. The van der Waals surface area contributed by atoms with Crippen molar-refractivity contribution >= 4 is 17.7 Å². The SMILES string of the molecule is COc1ccc(/C=C/C(=O)Nc2c(C)cccc2C)c(OC)c1. The van der Waals surface area contributed by atoms with Crippen LogP contribution in [0.5, 0.6) is 11.5 Å². The van der Waals surface area contributed by atoms with Gasteiger partial charge in [-0.3, -0.25) is 4.79 Å². The Bertz CT molecular complexity index is 715. The lowest BCUT2D eigenvalue weighted by atomic mass is 10.1. The summed E-state index contributed by atoms with van der Waals surface area (Å²) >= 11 is 0. The highest BCUT2D eigenvalue weighted by atomic mass is 16.5. The van der Waals surface area contributed by atoms with Gasteiger partial charge in [-0.05, 0) is 43.2 Å². The number of rotatable bonds is 5. The fourth-order valence-electron chi connectivity index (χ4n) is 2.30. The second-order valence-corrected chi connectivity index (χ2v) is 5.20. The quantitative estimate of drug-likeness (QED) is 0.850. The van der Waals surface area contributed by atoms with Crippen LogP contribution in [0.3, 0.4) is 0 Å². The van der Waals surface area contributed by atoms with Crippen LogP contribution >= 0.6 is 0 Å². The smallest absolute Gasteiger partial charge is 0.248 e. The maximum absolute atomic E-state index is 12.1. The first-order valence-corrected chi connectivity index (χ1v) is 7.32. The van der Waals surface area contributed by atoms with E-state index in [1.807, 2.05) is 44.2 Å². The third-order valence-electron chi connectivity index (χ3n) is 3.58. The molecule has 0 aliphatic carbocycles. The van der Waals surface area contributed by atoms with Gasteiger partial charge in [0.15, 0.2) is 0 Å². The molecule has 0 saturated carbocycles. The van der Waals surface area contributed by atoms with Crippen molar-refractivity contribution in [2.24, 2.45) is 0 Å². The fourth-order valence-corrected chi connectivity index (χ4v) is 2.30. The lowest BCUT2D eigenvalue weighted by Crippen LogP contribution is -2.10. The van der Waals surface area contributed by atoms with Gasteiger partial charge in [-0.1, -0.05) is 18.2 Å². The summed E-state index contributed by atoms with van der Waals surface area (Å²) in [6, 6.07) is 11.4. The van der Waals surface area contributed by atoms with E-state index in [0.29, 0.717) is 11.5 Å². The molecule has 0 aromatic heterocycles. The monoisotopic (exact) mass is 311 g/mol. The molecule has 4 nitrogen and oxygen atoms in total. The summed E-state index contributed by atoms with van der Waals surface area (Å²) in [6.07, 6.45) is 3.22. The van der Waals surface area contributed by atoms with E-state index in [2.05, 4.69) is 5.32 Å². The topological polar surface area (TPSA) is 47.6 Å². The van der Waals surface area contributed by atoms with Crippen molar-refractivity contribution in [1.29, 1.82) is 0 Å². The number of ether oxygens (including phenoxy) is 2. The maximum atomic E-state index is 12.1. The minimum Gasteiger partial charge on any atom is -0.497 e. The third kappa shape index (κ3) is 4.13. The van der Waals surface area contributed by atoms with Crippen molar-refractivity contribution in [1.82, 2.24) is 0 Å². The predicted molar refractivity (Wildman–Crippen MR) is 93.1 cm³/mol. The van der Waals surface area contributed by atoms with Crippen LogP contribution in [0, 0.1) is 13.8 Å². The summed E-state index contributed by atoms with van der Waals surface area (Å²) in [5.41, 5.74) is 3.73. The minimum absolute atomic E-state index is 0.180. The lowest BCUT2D eigenvalue weighted by Gasteiger charge is -2.10. The number of carbonyl (C=O) groups is 1. The van der Waals surface area contributed by atoms with E-state index in [1.54, 1.807) is 26.4 Å². The molecular weight excluding hydrogens is 290 g/mol. The normalized spacial score (nSPS) is 10.6. The Kier molecular flexibility index (Phi) is 5.41. The van der Waals surface area contributed by atoms with Gasteiger partial charge in [0, 0.05) is 23.4 Å². The number of nitrogens with one attached hydrogen (secondary N) is 1. The molecule has 2 aromatic rings. The molecule has 0 aliphatic rings. The highest BCUT2D eigenvalue weighted by Gasteiger charge is 2.06. The summed E-state index contributed by atoms with van der Waals surface area (Å²) in [5, 5.41) is 2.92. The molecule has 0 saturated heterocycles. The van der Waals surface area contributed by atoms with E-state index in [0.717, 1.165) is 22.4 Å². The van der Waals surface area contributed by atoms with Crippen LogP contribution in [0.4, 0.5) is 5.69 Å². The Morgan fingerprint density at radius 3 is 2.35 bits per heavy atom. The van der Waals surface area contributed by atoms with Gasteiger partial charge in [0.1, 0.15) is 11.5 Å². The Hall–Kier alpha value is -2.75. The van der Waals surface area contributed by atoms with Crippen molar-refractivity contribution in [3.63, 3.8) is 0 Å². The minimum atomic E-state index is -0.180. The molecule has 0 bridgehead atoms. The van der Waals surface area contributed by atoms with Crippen LogP contribution < -0.4 is 14.8 Å². The van der Waals surface area contributed by atoms with E-state index in [-0.39, 0.29) is 5.91 Å². The molecule has 0 unspecified atom stereocenters. The number of hydrogen-bond acceptors (Lipinski definition) is 3. The van der Waals surface area contributed by atoms with Crippen LogP contribution in [0.2, 0.25) is 0 Å². The molecule has 2 aromatic carbocycles. The van der Waals surface area contributed by atoms with E-state index in [9.17, 15) is 4.79 Å². The molecule has 0 aliphatic heterocycles. The second kappa shape index (κ2) is 7.49. The molecule has 0 heterocycles. The van der Waals surface area contributed by atoms with E-state index < -0.39 is 0 Å². The van der Waals surface area contributed by atoms with Gasteiger partial charge in [0.2, 0.25) is 5.91 Å². The average molecular weight is 311 g/mol. The fraction of sp³-hybridized carbons (Fsp3) is 0.211. The summed E-state index contributed by atoms with van der Waals surface area (Å²) in [4.78, 5) is 12.1. The highest BCUT2D eigenvalue weighted by molar-refractivity contribution is 6.03. The molecule has 0 fully saturated rings. The second-order valence-electron chi connectivity index (χ2n) is 5.20. The van der Waals surface area contributed by atoms with Crippen molar-refractivity contribution in [3.05, 3.63) is 59.2 Å². The van der Waals surface area contributed by atoms with Gasteiger partial charge in [-0.25, -0.2) is 0 Å². The van der Waals surface area contributed by atoms with Crippen molar-refractivity contribution < 1.29 is 14.3 Å². The van der Waals surface area contributed by atoms with Gasteiger partial charge < -0.3 is 14.8 Å². The molecule has 0 spiro atoms. The molecule has 120 valence electrons. The third-order valence-corrected chi connectivity index (χ3v) is 3.58. The molecule has 1 N–H and O–H groups in total. The number of methoxy groups -OCH3 is 2. The zero-order valence-corrected chi connectivity index (χ0v) is 13.8. The number of para-hydroxylation sites is 1. The van der Waals surface area contributed by atoms with Crippen molar-refractivity contribution in [2.75, 3.05) is 19.5 Å². The van der Waals surface area contributed by atoms with Crippen LogP contribution in [-0.2, 0) is 4.79 Å². The number of aryl methyl sites for hydroxylation is 2. The molecule has 4 heteroatoms. The zero-order chi connectivity index (χ0) is 16.8. The Morgan fingerprint density at radius 1 is 1.04 bits per heavy atom. The molecule has 2 rings (SSSR count). The summed E-state index contributed by atoms with van der Waals surface area (Å²) in [5.74, 6) is 1.18. The Morgan fingerprint density at radius 2 is 1.74 bits per heavy atom. The van der Waals surface area contributed by atoms with Crippen molar-refractivity contribution in [3.8, 4) is 11.5 Å². The number of amides is 1. The number of anilines is 1. The lowest BCUT2D eigenvalue weighted by molar-refractivity contribution is -0.111. The molecule has 1 amide bonds. The first-order valence-electron chi connectivity index (χ1n) is 7.32. The predicted octanol–water partition coefficient (Wildman–Crippen LogP) is 3.97. The van der Waals surface area contributed by atoms with Gasteiger partial charge in [0.05, 0.1) is 14.2 Å². The number of hydrogen-bond donors (Lipinski definition) is 1. The first kappa shape index (κ1) is 16.6. The van der Waals surface area contributed by atoms with Gasteiger partial charge in [-0.15, -0.1) is 0 Å². The number of carbonyl (C=O) groups excluding carboxylic acids is 1. The van der Waals surface area contributed by atoms with Gasteiger partial charge in [-0.2, -0.15) is 0 Å². The molecule has 0 atom stereocenters. The largest absolute Gasteiger partial charge is 0.497 e. The molecule has 23 heavy (non-hydrogen) atoms. The molecular formula is C19H21NO3. The average Bonchev–Trinajstić information content (AvgIpc) is 2.56. The highest BCUT2D eigenvalue weighted by Crippen LogP contribution is 2.25. The van der Waals surface area contributed by atoms with Crippen LogP contribution in [-0.4, -0.2) is 20.1 Å². The summed E-state index contributed by atoms with van der Waals surface area (Å²) in [6.45, 7) is 3.94. The standard InChI is InChI=1S/C19H21NO3/c1-13-6-5-7-14(2)19(13)20-18(21)11-9-15-8-10-16(22-3)12-17(15)23-4/h5-12H,1-4H3,(H,20,21)/b11-9+. The molecule has 0 radical (unpaired) electrons. The summed E-state index contributed by atoms with van der Waals surface area (Å²) < 4.78 is 10.5. The number of benzene rings is 2. The summed E-state index contributed by atoms with van der Waals surface area (Å²) in [7, 11) is 3.19. The maximum Gasteiger partial charge on any atom is 0.248 e. The van der Waals surface area contributed by atoms with Crippen LogP contribution in [0.15, 0.2) is 42.5 Å². The Balaban J connectivity index is 2.15. The zero-order valence-electron chi connectivity index (χ0n) is 13.8. The van der Waals surface area contributed by atoms with Crippen LogP contribution in [0.25, 0.3) is 6.08 Å². The Labute approximate surface area is 136 Å². The van der Waals surface area contributed by atoms with E-state index in [1.165, 1.54) is 6.08 Å². The van der Waals surface area contributed by atoms with E-state index >= 15 is 0 Å².